The number of sulfonamides is 1. The highest BCUT2D eigenvalue weighted by molar-refractivity contribution is 7.92. The van der Waals surface area contributed by atoms with E-state index in [-0.39, 0.29) is 18.5 Å². The van der Waals surface area contributed by atoms with E-state index in [0.717, 1.165) is 16.1 Å². The van der Waals surface area contributed by atoms with Crippen LogP contribution in [0.15, 0.2) is 78.9 Å². The van der Waals surface area contributed by atoms with E-state index in [4.69, 9.17) is 11.6 Å². The Morgan fingerprint density at radius 2 is 1.46 bits per heavy atom. The van der Waals surface area contributed by atoms with Gasteiger partial charge in [-0.15, -0.1) is 0 Å². The maximum atomic E-state index is 13.2. The molecule has 184 valence electrons. The van der Waals surface area contributed by atoms with Gasteiger partial charge in [-0.3, -0.25) is 14.0 Å². The highest BCUT2D eigenvalue weighted by atomic mass is 35.5. The second-order valence-electron chi connectivity index (χ2n) is 8.84. The van der Waals surface area contributed by atoms with Crippen LogP contribution in [0.5, 0.6) is 0 Å². The van der Waals surface area contributed by atoms with Crippen molar-refractivity contribution in [2.45, 2.75) is 13.0 Å². The molecule has 1 amide bonds. The molecule has 1 saturated heterocycles. The van der Waals surface area contributed by atoms with E-state index >= 15 is 0 Å². The van der Waals surface area contributed by atoms with Crippen LogP contribution in [0.4, 0.5) is 5.69 Å². The van der Waals surface area contributed by atoms with Crippen molar-refractivity contribution in [1.82, 2.24) is 9.80 Å². The van der Waals surface area contributed by atoms with Gasteiger partial charge in [-0.25, -0.2) is 8.42 Å². The van der Waals surface area contributed by atoms with Crippen LogP contribution in [0, 0.1) is 6.92 Å². The van der Waals surface area contributed by atoms with E-state index in [2.05, 4.69) is 29.2 Å². The third kappa shape index (κ3) is 6.04. The fourth-order valence-electron chi connectivity index (χ4n) is 4.57. The van der Waals surface area contributed by atoms with Gasteiger partial charge >= 0.3 is 0 Å². The van der Waals surface area contributed by atoms with Crippen molar-refractivity contribution >= 4 is 33.2 Å². The molecule has 0 unspecified atom stereocenters. The molecule has 35 heavy (non-hydrogen) atoms. The minimum absolute atomic E-state index is 0.0938. The highest BCUT2D eigenvalue weighted by Gasteiger charge is 2.30. The van der Waals surface area contributed by atoms with Crippen molar-refractivity contribution in [3.8, 4) is 0 Å². The zero-order valence-electron chi connectivity index (χ0n) is 20.0. The molecule has 4 rings (SSSR count). The molecule has 0 aromatic heterocycles. The van der Waals surface area contributed by atoms with E-state index < -0.39 is 10.0 Å². The van der Waals surface area contributed by atoms with Crippen molar-refractivity contribution in [2.75, 3.05) is 43.3 Å². The van der Waals surface area contributed by atoms with Crippen LogP contribution < -0.4 is 4.31 Å². The summed E-state index contributed by atoms with van der Waals surface area (Å²) < 4.78 is 26.3. The molecule has 0 N–H and O–H groups in total. The van der Waals surface area contributed by atoms with Crippen LogP contribution in [-0.2, 0) is 14.8 Å². The minimum atomic E-state index is -3.67. The minimum Gasteiger partial charge on any atom is -0.339 e. The zero-order chi connectivity index (χ0) is 25.0. The Balaban J connectivity index is 1.49. The van der Waals surface area contributed by atoms with Gasteiger partial charge in [0.2, 0.25) is 15.9 Å². The van der Waals surface area contributed by atoms with Gasteiger partial charge in [-0.05, 0) is 35.7 Å². The molecule has 0 bridgehead atoms. The SMILES string of the molecule is Cc1ccc(Cl)cc1N(CC(=O)N1CCN(C(c2ccccc2)c2ccccc2)CC1)S(C)(=O)=O. The van der Waals surface area contributed by atoms with Crippen molar-refractivity contribution in [3.05, 3.63) is 101 Å². The number of anilines is 1. The van der Waals surface area contributed by atoms with Crippen LogP contribution in [0.25, 0.3) is 0 Å². The third-order valence-corrected chi connectivity index (χ3v) is 7.74. The molecule has 3 aromatic carbocycles. The average Bonchev–Trinajstić information content (AvgIpc) is 2.85. The van der Waals surface area contributed by atoms with E-state index in [1.807, 2.05) is 36.4 Å². The molecular formula is C27H30ClN3O3S. The molecule has 8 heteroatoms. The number of halogens is 1. The molecule has 0 spiro atoms. The first-order valence-electron chi connectivity index (χ1n) is 11.6. The van der Waals surface area contributed by atoms with Gasteiger partial charge in [0, 0.05) is 31.2 Å². The fourth-order valence-corrected chi connectivity index (χ4v) is 5.63. The molecule has 3 aromatic rings. The van der Waals surface area contributed by atoms with Crippen molar-refractivity contribution in [3.63, 3.8) is 0 Å². The van der Waals surface area contributed by atoms with Crippen LogP contribution in [0.1, 0.15) is 22.7 Å². The Kier molecular flexibility index (Phi) is 7.79. The number of amides is 1. The van der Waals surface area contributed by atoms with Gasteiger partial charge in [0.1, 0.15) is 6.54 Å². The maximum Gasteiger partial charge on any atom is 0.243 e. The molecule has 0 radical (unpaired) electrons. The number of aryl methyl sites for hydroxylation is 1. The second kappa shape index (κ2) is 10.8. The predicted molar refractivity (Wildman–Crippen MR) is 141 cm³/mol. The lowest BCUT2D eigenvalue weighted by molar-refractivity contribution is -0.131. The first kappa shape index (κ1) is 25.2. The summed E-state index contributed by atoms with van der Waals surface area (Å²) >= 11 is 6.12. The van der Waals surface area contributed by atoms with E-state index in [1.54, 1.807) is 30.0 Å². The van der Waals surface area contributed by atoms with Gasteiger partial charge in [0.25, 0.3) is 0 Å². The van der Waals surface area contributed by atoms with E-state index in [0.29, 0.717) is 36.9 Å². The molecule has 1 aliphatic heterocycles. The Hall–Kier alpha value is -2.87. The number of hydrogen-bond acceptors (Lipinski definition) is 4. The zero-order valence-corrected chi connectivity index (χ0v) is 21.5. The summed E-state index contributed by atoms with van der Waals surface area (Å²) in [6.45, 7) is 3.99. The number of rotatable bonds is 7. The van der Waals surface area contributed by atoms with Crippen LogP contribution >= 0.6 is 11.6 Å². The molecule has 1 fully saturated rings. The summed E-state index contributed by atoms with van der Waals surface area (Å²) in [5, 5.41) is 0.424. The quantitative estimate of drug-likeness (QED) is 0.473. The normalized spacial score (nSPS) is 14.8. The highest BCUT2D eigenvalue weighted by Crippen LogP contribution is 2.30. The molecule has 1 heterocycles. The maximum absolute atomic E-state index is 13.2. The largest absolute Gasteiger partial charge is 0.339 e. The molecule has 1 aliphatic rings. The number of nitrogens with zero attached hydrogens (tertiary/aromatic N) is 3. The predicted octanol–water partition coefficient (Wildman–Crippen LogP) is 4.35. The molecular weight excluding hydrogens is 482 g/mol. The van der Waals surface area contributed by atoms with E-state index in [1.165, 1.54) is 11.1 Å². The summed E-state index contributed by atoms with van der Waals surface area (Å²) in [6, 6.07) is 25.9. The van der Waals surface area contributed by atoms with Crippen LogP contribution in [0.3, 0.4) is 0 Å². The van der Waals surface area contributed by atoms with Gasteiger partial charge in [0.05, 0.1) is 18.0 Å². The Morgan fingerprint density at radius 1 is 0.914 bits per heavy atom. The fraction of sp³-hybridized carbons (Fsp3) is 0.296. The molecule has 0 aliphatic carbocycles. The van der Waals surface area contributed by atoms with Gasteiger partial charge in [0.15, 0.2) is 0 Å². The smallest absolute Gasteiger partial charge is 0.243 e. The number of benzene rings is 3. The Morgan fingerprint density at radius 3 is 1.97 bits per heavy atom. The standard InChI is InChI=1S/C27H30ClN3O3S/c1-21-13-14-24(28)19-25(21)31(35(2,33)34)20-26(32)29-15-17-30(18-16-29)27(22-9-5-3-6-10-22)23-11-7-4-8-12-23/h3-14,19,27H,15-18,20H2,1-2H3. The summed E-state index contributed by atoms with van der Waals surface area (Å²) in [6.07, 6.45) is 1.11. The summed E-state index contributed by atoms with van der Waals surface area (Å²) in [4.78, 5) is 17.3. The monoisotopic (exact) mass is 511 g/mol. The van der Waals surface area contributed by atoms with E-state index in [9.17, 15) is 13.2 Å². The van der Waals surface area contributed by atoms with Crippen LogP contribution in [0.2, 0.25) is 5.02 Å². The number of piperazine rings is 1. The topological polar surface area (TPSA) is 60.9 Å². The van der Waals surface area contributed by atoms with Crippen molar-refractivity contribution in [2.24, 2.45) is 0 Å². The summed E-state index contributed by atoms with van der Waals surface area (Å²) in [5.41, 5.74) is 3.59. The van der Waals surface area contributed by atoms with Crippen LogP contribution in [-0.4, -0.2) is 63.1 Å². The average molecular weight is 512 g/mol. The summed E-state index contributed by atoms with van der Waals surface area (Å²) in [5.74, 6) is -0.217. The van der Waals surface area contributed by atoms with Crippen molar-refractivity contribution < 1.29 is 13.2 Å². The lowest BCUT2D eigenvalue weighted by Gasteiger charge is -2.40. The van der Waals surface area contributed by atoms with Gasteiger partial charge in [-0.2, -0.15) is 0 Å². The first-order chi connectivity index (χ1) is 16.7. The third-order valence-electron chi connectivity index (χ3n) is 6.38. The lowest BCUT2D eigenvalue weighted by Crippen LogP contribution is -2.52. The number of hydrogen-bond donors (Lipinski definition) is 0. The number of carbonyl (C=O) groups is 1. The Labute approximate surface area is 212 Å². The molecule has 6 nitrogen and oxygen atoms in total. The lowest BCUT2D eigenvalue weighted by atomic mass is 9.96. The molecule has 0 saturated carbocycles. The van der Waals surface area contributed by atoms with Gasteiger partial charge in [-0.1, -0.05) is 78.3 Å². The Bertz CT molecular complexity index is 1220. The molecule has 0 atom stereocenters. The van der Waals surface area contributed by atoms with Crippen molar-refractivity contribution in [1.29, 1.82) is 0 Å². The number of carbonyl (C=O) groups excluding carboxylic acids is 1. The first-order valence-corrected chi connectivity index (χ1v) is 13.8. The summed E-state index contributed by atoms with van der Waals surface area (Å²) in [7, 11) is -3.67. The van der Waals surface area contributed by atoms with Gasteiger partial charge < -0.3 is 4.90 Å². The second-order valence-corrected chi connectivity index (χ2v) is 11.2.